The van der Waals surface area contributed by atoms with Crippen molar-refractivity contribution in [3.63, 3.8) is 0 Å². The van der Waals surface area contributed by atoms with E-state index in [1.54, 1.807) is 30.2 Å². The number of carbonyl (C=O) groups excluding carboxylic acids is 2. The average Bonchev–Trinajstić information content (AvgIpc) is 2.97. The molecule has 0 radical (unpaired) electrons. The van der Waals surface area contributed by atoms with Gasteiger partial charge in [0.05, 0.1) is 19.1 Å². The maximum Gasteiger partial charge on any atom is 0.255 e. The van der Waals surface area contributed by atoms with Crippen LogP contribution in [0.5, 0.6) is 5.75 Å². The van der Waals surface area contributed by atoms with Gasteiger partial charge in [-0.3, -0.25) is 9.59 Å². The van der Waals surface area contributed by atoms with Gasteiger partial charge in [-0.2, -0.15) is 0 Å². The quantitative estimate of drug-likeness (QED) is 0.338. The van der Waals surface area contributed by atoms with Crippen LogP contribution in [0, 0.1) is 17.7 Å². The Morgan fingerprint density at radius 1 is 0.976 bits per heavy atom. The van der Waals surface area contributed by atoms with E-state index in [0.717, 1.165) is 42.7 Å². The van der Waals surface area contributed by atoms with Crippen LogP contribution in [0.25, 0.3) is 0 Å². The molecular weight excluding hydrogens is 517 g/mol. The minimum Gasteiger partial charge on any atom is -0.497 e. The normalized spacial score (nSPS) is 22.7. The fourth-order valence-corrected chi connectivity index (χ4v) is 6.61. The van der Waals surface area contributed by atoms with E-state index in [-0.39, 0.29) is 24.2 Å². The van der Waals surface area contributed by atoms with Gasteiger partial charge < -0.3 is 19.9 Å². The summed E-state index contributed by atoms with van der Waals surface area (Å²) in [6.45, 7) is 8.60. The van der Waals surface area contributed by atoms with Crippen molar-refractivity contribution in [1.29, 1.82) is 0 Å². The van der Waals surface area contributed by atoms with Crippen molar-refractivity contribution in [2.24, 2.45) is 11.8 Å². The fourth-order valence-electron chi connectivity index (χ4n) is 6.61. The van der Waals surface area contributed by atoms with Crippen LogP contribution in [-0.2, 0) is 11.3 Å². The number of nitrogens with one attached hydrogen (secondary N) is 1. The molecule has 41 heavy (non-hydrogen) atoms. The molecule has 7 heteroatoms. The van der Waals surface area contributed by atoms with Crippen molar-refractivity contribution in [2.45, 2.75) is 45.2 Å². The molecule has 1 fully saturated rings. The minimum absolute atomic E-state index is 0.102. The summed E-state index contributed by atoms with van der Waals surface area (Å²) in [6.07, 6.45) is 2.14. The van der Waals surface area contributed by atoms with Gasteiger partial charge in [0.25, 0.3) is 5.91 Å². The van der Waals surface area contributed by atoms with Crippen LogP contribution < -0.4 is 10.1 Å². The highest BCUT2D eigenvalue weighted by atomic mass is 19.1. The summed E-state index contributed by atoms with van der Waals surface area (Å²) in [4.78, 5) is 32.2. The van der Waals surface area contributed by atoms with Crippen LogP contribution in [0.15, 0.2) is 72.8 Å². The Hall–Kier alpha value is -3.71. The van der Waals surface area contributed by atoms with Gasteiger partial charge in [0.2, 0.25) is 5.91 Å². The van der Waals surface area contributed by atoms with Gasteiger partial charge in [0.1, 0.15) is 11.6 Å². The van der Waals surface area contributed by atoms with Crippen molar-refractivity contribution in [2.75, 3.05) is 33.3 Å². The van der Waals surface area contributed by atoms with E-state index < -0.39 is 12.0 Å². The van der Waals surface area contributed by atoms with Gasteiger partial charge in [-0.15, -0.1) is 0 Å². The highest BCUT2D eigenvalue weighted by Gasteiger charge is 2.44. The first-order valence-electron chi connectivity index (χ1n) is 14.6. The molecule has 6 nitrogen and oxygen atoms in total. The predicted molar refractivity (Wildman–Crippen MR) is 158 cm³/mol. The Balaban J connectivity index is 1.42. The highest BCUT2D eigenvalue weighted by Crippen LogP contribution is 2.44. The summed E-state index contributed by atoms with van der Waals surface area (Å²) >= 11 is 0. The van der Waals surface area contributed by atoms with Gasteiger partial charge in [-0.25, -0.2) is 4.39 Å². The number of hydrogen-bond acceptors (Lipinski definition) is 4. The molecule has 2 aliphatic heterocycles. The number of likely N-dealkylation sites (tertiary alicyclic amines) is 1. The molecule has 3 aromatic rings. The number of rotatable bonds is 9. The van der Waals surface area contributed by atoms with Crippen molar-refractivity contribution in [1.82, 2.24) is 15.1 Å². The molecule has 0 bridgehead atoms. The molecule has 2 amide bonds. The monoisotopic (exact) mass is 557 g/mol. The average molecular weight is 558 g/mol. The molecule has 1 saturated heterocycles. The molecule has 2 aliphatic rings. The summed E-state index contributed by atoms with van der Waals surface area (Å²) in [6, 6.07) is 20.6. The van der Waals surface area contributed by atoms with Crippen molar-refractivity contribution in [3.8, 4) is 5.75 Å². The molecular formula is C34H40FN3O3. The van der Waals surface area contributed by atoms with Crippen molar-refractivity contribution < 1.29 is 18.7 Å². The summed E-state index contributed by atoms with van der Waals surface area (Å²) in [7, 11) is 1.61. The number of methoxy groups -OCH3 is 1. The number of amides is 2. The number of benzene rings is 3. The van der Waals surface area contributed by atoms with Gasteiger partial charge >= 0.3 is 0 Å². The van der Waals surface area contributed by atoms with E-state index in [9.17, 15) is 14.0 Å². The largest absolute Gasteiger partial charge is 0.497 e. The number of piperidine rings is 1. The molecule has 4 unspecified atom stereocenters. The molecule has 5 rings (SSSR count). The number of fused-ring (bicyclic) bond motifs is 1. The van der Waals surface area contributed by atoms with E-state index in [2.05, 4.69) is 24.1 Å². The summed E-state index contributed by atoms with van der Waals surface area (Å²) in [5.74, 6) is 0.903. The predicted octanol–water partition coefficient (Wildman–Crippen LogP) is 5.80. The topological polar surface area (TPSA) is 61.9 Å². The summed E-state index contributed by atoms with van der Waals surface area (Å²) in [5, 5.41) is 3.21. The second-order valence-corrected chi connectivity index (χ2v) is 11.7. The first-order chi connectivity index (χ1) is 19.8. The van der Waals surface area contributed by atoms with E-state index >= 15 is 0 Å². The second kappa shape index (κ2) is 12.9. The van der Waals surface area contributed by atoms with Crippen LogP contribution in [0.2, 0.25) is 0 Å². The molecule has 0 aliphatic carbocycles. The fraction of sp³-hybridized carbons (Fsp3) is 0.412. The molecule has 216 valence electrons. The Bertz CT molecular complexity index is 1330. The molecule has 3 aromatic carbocycles. The molecule has 0 saturated carbocycles. The van der Waals surface area contributed by atoms with Gasteiger partial charge in [0.15, 0.2) is 0 Å². The van der Waals surface area contributed by atoms with Crippen LogP contribution >= 0.6 is 0 Å². The van der Waals surface area contributed by atoms with Crippen LogP contribution in [0.3, 0.4) is 0 Å². The lowest BCUT2D eigenvalue weighted by atomic mass is 9.79. The zero-order valence-electron chi connectivity index (χ0n) is 24.2. The standard InChI is InChI=1S/C34H40FN3O3/c1-23-19-24(2)21-37(20-23)18-6-17-36-33(39)31-29-7-4-5-8-30(29)34(40)38(22-25-9-13-27(35)14-10-25)32(31)26-11-15-28(41-3)16-12-26/h4-5,7-16,23-24,31-32H,6,17-22H2,1-3H3,(H,36,39). The first-order valence-corrected chi connectivity index (χ1v) is 14.6. The Morgan fingerprint density at radius 2 is 1.66 bits per heavy atom. The lowest BCUT2D eigenvalue weighted by molar-refractivity contribution is -0.124. The SMILES string of the molecule is COc1ccc(C2C(C(=O)NCCCN3CC(C)CC(C)C3)c3ccccc3C(=O)N2Cc2ccc(F)cc2)cc1. The van der Waals surface area contributed by atoms with E-state index in [1.807, 2.05) is 42.5 Å². The van der Waals surface area contributed by atoms with E-state index in [4.69, 9.17) is 4.74 Å². The smallest absolute Gasteiger partial charge is 0.255 e. The second-order valence-electron chi connectivity index (χ2n) is 11.7. The number of carbonyl (C=O) groups is 2. The lowest BCUT2D eigenvalue weighted by Gasteiger charge is -2.42. The number of nitrogens with zero attached hydrogens (tertiary/aromatic N) is 2. The minimum atomic E-state index is -0.604. The summed E-state index contributed by atoms with van der Waals surface area (Å²) in [5.41, 5.74) is 2.88. The summed E-state index contributed by atoms with van der Waals surface area (Å²) < 4.78 is 19.0. The van der Waals surface area contributed by atoms with Crippen LogP contribution in [0.4, 0.5) is 4.39 Å². The molecule has 0 aromatic heterocycles. The first kappa shape index (κ1) is 28.8. The zero-order valence-corrected chi connectivity index (χ0v) is 24.2. The number of halogens is 1. The lowest BCUT2D eigenvalue weighted by Crippen LogP contribution is -2.47. The molecule has 1 N–H and O–H groups in total. The molecule has 4 atom stereocenters. The van der Waals surface area contributed by atoms with Gasteiger partial charge in [-0.1, -0.05) is 56.3 Å². The third-order valence-electron chi connectivity index (χ3n) is 8.34. The maximum atomic E-state index is 14.0. The van der Waals surface area contributed by atoms with Crippen molar-refractivity contribution >= 4 is 11.8 Å². The number of hydrogen-bond donors (Lipinski definition) is 1. The Kier molecular flexibility index (Phi) is 9.03. The molecule has 2 heterocycles. The zero-order chi connectivity index (χ0) is 28.9. The third-order valence-corrected chi connectivity index (χ3v) is 8.34. The Morgan fingerprint density at radius 3 is 2.34 bits per heavy atom. The highest BCUT2D eigenvalue weighted by molar-refractivity contribution is 6.01. The third kappa shape index (κ3) is 6.62. The number of ether oxygens (including phenoxy) is 1. The van der Waals surface area contributed by atoms with Gasteiger partial charge in [-0.05, 0) is 78.2 Å². The van der Waals surface area contributed by atoms with E-state index in [0.29, 0.717) is 29.7 Å². The molecule has 0 spiro atoms. The van der Waals surface area contributed by atoms with Crippen LogP contribution in [0.1, 0.15) is 65.7 Å². The Labute approximate surface area is 242 Å². The van der Waals surface area contributed by atoms with E-state index in [1.165, 1.54) is 18.6 Å². The maximum absolute atomic E-state index is 14.0. The van der Waals surface area contributed by atoms with Gasteiger partial charge in [0, 0.05) is 31.7 Å². The van der Waals surface area contributed by atoms with Crippen LogP contribution in [-0.4, -0.2) is 54.9 Å². The van der Waals surface area contributed by atoms with Crippen molar-refractivity contribution in [3.05, 3.63) is 101 Å².